The van der Waals surface area contributed by atoms with E-state index in [9.17, 15) is 14.4 Å². The van der Waals surface area contributed by atoms with Gasteiger partial charge in [0.1, 0.15) is 18.1 Å². The van der Waals surface area contributed by atoms with Gasteiger partial charge in [-0.05, 0) is 42.8 Å². The van der Waals surface area contributed by atoms with Crippen molar-refractivity contribution in [2.24, 2.45) is 7.05 Å². The Morgan fingerprint density at radius 2 is 1.83 bits per heavy atom. The molecule has 4 rings (SSSR count). The van der Waals surface area contributed by atoms with Crippen molar-refractivity contribution < 1.29 is 14.3 Å². The van der Waals surface area contributed by atoms with Gasteiger partial charge < -0.3 is 14.8 Å². The van der Waals surface area contributed by atoms with Crippen LogP contribution in [0.15, 0.2) is 68.9 Å². The fourth-order valence-electron chi connectivity index (χ4n) is 3.53. The van der Waals surface area contributed by atoms with Crippen molar-refractivity contribution in [2.45, 2.75) is 20.0 Å². The largest absolute Gasteiger partial charge is 0.492 e. The predicted molar refractivity (Wildman–Crippen MR) is 137 cm³/mol. The normalized spacial score (nSPS) is 10.9. The molecule has 186 valence electrons. The average Bonchev–Trinajstić information content (AvgIpc) is 2.89. The molecule has 0 saturated heterocycles. The van der Waals surface area contributed by atoms with Gasteiger partial charge in [0.15, 0.2) is 0 Å². The summed E-state index contributed by atoms with van der Waals surface area (Å²) in [6.45, 7) is 2.78. The molecule has 0 saturated carbocycles. The zero-order valence-corrected chi connectivity index (χ0v) is 21.3. The number of aromatic nitrogens is 4. The van der Waals surface area contributed by atoms with Gasteiger partial charge in [0.25, 0.3) is 11.5 Å². The topological polar surface area (TPSA) is 117 Å². The zero-order valence-electron chi connectivity index (χ0n) is 19.7. The van der Waals surface area contributed by atoms with Crippen molar-refractivity contribution >= 4 is 32.7 Å². The Labute approximate surface area is 214 Å². The highest BCUT2D eigenvalue weighted by Crippen LogP contribution is 2.16. The predicted octanol–water partition coefficient (Wildman–Crippen LogP) is 2.66. The summed E-state index contributed by atoms with van der Waals surface area (Å²) in [6, 6.07) is 12.2. The monoisotopic (exact) mass is 553 g/mol. The summed E-state index contributed by atoms with van der Waals surface area (Å²) >= 11 is 3.36. The maximum Gasteiger partial charge on any atom is 0.331 e. The van der Waals surface area contributed by atoms with Crippen LogP contribution < -0.4 is 26.0 Å². The summed E-state index contributed by atoms with van der Waals surface area (Å²) in [4.78, 5) is 46.9. The molecule has 0 radical (unpaired) electrons. The lowest BCUT2D eigenvalue weighted by atomic mass is 10.2. The lowest BCUT2D eigenvalue weighted by Gasteiger charge is -2.12. The zero-order chi connectivity index (χ0) is 25.7. The maximum absolute atomic E-state index is 13.1. The lowest BCUT2D eigenvalue weighted by Crippen LogP contribution is -2.40. The first-order chi connectivity index (χ1) is 17.4. The van der Waals surface area contributed by atoms with E-state index >= 15 is 0 Å². The van der Waals surface area contributed by atoms with Crippen molar-refractivity contribution in [1.29, 1.82) is 0 Å². The van der Waals surface area contributed by atoms with Crippen LogP contribution in [0.1, 0.15) is 23.0 Å². The quantitative estimate of drug-likeness (QED) is 0.338. The van der Waals surface area contributed by atoms with Crippen molar-refractivity contribution in [3.05, 3.63) is 91.4 Å². The van der Waals surface area contributed by atoms with Crippen molar-refractivity contribution in [1.82, 2.24) is 24.4 Å². The molecule has 0 bridgehead atoms. The molecule has 0 spiro atoms. The number of halogens is 1. The number of rotatable bonds is 9. The summed E-state index contributed by atoms with van der Waals surface area (Å²) in [5, 5.41) is 2.98. The number of benzene rings is 1. The highest BCUT2D eigenvalue weighted by Gasteiger charge is 2.15. The number of hydrogen-bond donors (Lipinski definition) is 1. The molecule has 0 fully saturated rings. The highest BCUT2D eigenvalue weighted by atomic mass is 79.9. The van der Waals surface area contributed by atoms with Gasteiger partial charge in [-0.1, -0.05) is 22.0 Å². The molecule has 0 aliphatic heterocycles. The van der Waals surface area contributed by atoms with E-state index in [4.69, 9.17) is 9.47 Å². The minimum Gasteiger partial charge on any atom is -0.492 e. The summed E-state index contributed by atoms with van der Waals surface area (Å²) in [7, 11) is 1.55. The van der Waals surface area contributed by atoms with Gasteiger partial charge in [0.2, 0.25) is 5.88 Å². The Morgan fingerprint density at radius 1 is 1.06 bits per heavy atom. The van der Waals surface area contributed by atoms with Crippen molar-refractivity contribution in [2.75, 3.05) is 13.2 Å². The van der Waals surface area contributed by atoms with Crippen LogP contribution in [-0.4, -0.2) is 38.2 Å². The number of hydrogen-bond acceptors (Lipinski definition) is 7. The van der Waals surface area contributed by atoms with Gasteiger partial charge in [-0.2, -0.15) is 0 Å². The van der Waals surface area contributed by atoms with Crippen LogP contribution in [-0.2, 0) is 20.1 Å². The van der Waals surface area contributed by atoms with E-state index < -0.39 is 17.2 Å². The third-order valence-corrected chi connectivity index (χ3v) is 5.94. The molecular weight excluding hydrogens is 530 g/mol. The van der Waals surface area contributed by atoms with Gasteiger partial charge in [0, 0.05) is 30.3 Å². The van der Waals surface area contributed by atoms with Crippen LogP contribution in [0.5, 0.6) is 11.6 Å². The molecular formula is C25H24BrN5O5. The van der Waals surface area contributed by atoms with Crippen molar-refractivity contribution in [3.8, 4) is 11.6 Å². The van der Waals surface area contributed by atoms with Crippen LogP contribution >= 0.6 is 15.9 Å². The number of carbonyl (C=O) groups is 1. The Kier molecular flexibility index (Phi) is 7.79. The lowest BCUT2D eigenvalue weighted by molar-refractivity contribution is 0.0946. The third-order valence-electron chi connectivity index (χ3n) is 5.41. The van der Waals surface area contributed by atoms with Gasteiger partial charge in [-0.25, -0.2) is 14.8 Å². The first-order valence-electron chi connectivity index (χ1n) is 11.2. The first kappa shape index (κ1) is 25.1. The molecule has 1 aromatic carbocycles. The van der Waals surface area contributed by atoms with Gasteiger partial charge in [0.05, 0.1) is 30.3 Å². The maximum atomic E-state index is 13.1. The number of nitrogens with zero attached hydrogens (tertiary/aromatic N) is 4. The van der Waals surface area contributed by atoms with Gasteiger partial charge in [-0.15, -0.1) is 0 Å². The Balaban J connectivity index is 1.51. The summed E-state index contributed by atoms with van der Waals surface area (Å²) < 4.78 is 14.3. The minimum absolute atomic E-state index is 0.0477. The molecule has 10 nitrogen and oxygen atoms in total. The molecule has 1 N–H and O–H groups in total. The number of carbonyl (C=O) groups excluding carboxylic acids is 1. The summed E-state index contributed by atoms with van der Waals surface area (Å²) in [5.41, 5.74) is 0.175. The van der Waals surface area contributed by atoms with E-state index in [1.54, 1.807) is 37.5 Å². The van der Waals surface area contributed by atoms with E-state index in [0.29, 0.717) is 23.8 Å². The third kappa shape index (κ3) is 5.62. The molecule has 0 atom stereocenters. The van der Waals surface area contributed by atoms with E-state index in [1.165, 1.54) is 16.8 Å². The van der Waals surface area contributed by atoms with E-state index in [0.717, 1.165) is 14.6 Å². The number of aryl methyl sites for hydroxylation is 1. The number of amides is 1. The fourth-order valence-corrected chi connectivity index (χ4v) is 3.80. The number of ether oxygens (including phenoxy) is 2. The molecule has 0 aliphatic carbocycles. The number of pyridine rings is 2. The van der Waals surface area contributed by atoms with Gasteiger partial charge in [-0.3, -0.25) is 18.7 Å². The Hall–Kier alpha value is -3.99. The first-order valence-corrected chi connectivity index (χ1v) is 12.0. The second-order valence-corrected chi connectivity index (χ2v) is 8.72. The molecule has 3 heterocycles. The van der Waals surface area contributed by atoms with Gasteiger partial charge >= 0.3 is 5.69 Å². The fraction of sp³-hybridized carbons (Fsp3) is 0.240. The van der Waals surface area contributed by atoms with Crippen LogP contribution in [0, 0.1) is 0 Å². The average molecular weight is 554 g/mol. The summed E-state index contributed by atoms with van der Waals surface area (Å²) in [6.07, 6.45) is 2.97. The molecule has 4 aromatic rings. The summed E-state index contributed by atoms with van der Waals surface area (Å²) in [5.74, 6) is 0.673. The minimum atomic E-state index is -0.514. The highest BCUT2D eigenvalue weighted by molar-refractivity contribution is 9.10. The van der Waals surface area contributed by atoms with Crippen LogP contribution in [0.25, 0.3) is 10.9 Å². The second-order valence-electron chi connectivity index (χ2n) is 7.81. The van der Waals surface area contributed by atoms with Crippen LogP contribution in [0.3, 0.4) is 0 Å². The molecule has 36 heavy (non-hydrogen) atoms. The van der Waals surface area contributed by atoms with Crippen LogP contribution in [0.2, 0.25) is 0 Å². The smallest absolute Gasteiger partial charge is 0.331 e. The molecule has 1 amide bonds. The molecule has 0 unspecified atom stereocenters. The molecule has 11 heteroatoms. The Bertz CT molecular complexity index is 1500. The van der Waals surface area contributed by atoms with Crippen LogP contribution in [0.4, 0.5) is 0 Å². The second kappa shape index (κ2) is 11.2. The van der Waals surface area contributed by atoms with E-state index in [2.05, 4.69) is 31.2 Å². The van der Waals surface area contributed by atoms with Crippen molar-refractivity contribution in [3.63, 3.8) is 0 Å². The van der Waals surface area contributed by atoms with E-state index in [1.807, 2.05) is 19.1 Å². The number of nitrogens with one attached hydrogen (secondary N) is 1. The standard InChI is InChI=1S/C25H24BrN5O5/c1-3-35-22-9-4-16(13-28-22)14-29-23(32)20-12-19-21(15-27-20)30(2)25(34)31(24(19)33)10-11-36-18-7-5-17(26)6-8-18/h4-9,12-13,15H,3,10-11,14H2,1-2H3,(H,29,32). The van der Waals surface area contributed by atoms with E-state index in [-0.39, 0.29) is 30.8 Å². The number of fused-ring (bicyclic) bond motifs is 1. The SMILES string of the molecule is CCOc1ccc(CNC(=O)c2cc3c(=O)n(CCOc4ccc(Br)cc4)c(=O)n(C)c3cn2)cn1. The molecule has 3 aromatic heterocycles. The Morgan fingerprint density at radius 3 is 2.53 bits per heavy atom. The molecule has 0 aliphatic rings.